The maximum Gasteiger partial charge on any atom is 0.324 e. The Morgan fingerprint density at radius 2 is 2.24 bits per heavy atom. The predicted molar refractivity (Wildman–Crippen MR) is 59.8 cm³/mol. The summed E-state index contributed by atoms with van der Waals surface area (Å²) in [6.45, 7) is -0.0706. The second-order valence-electron chi connectivity index (χ2n) is 4.07. The summed E-state index contributed by atoms with van der Waals surface area (Å²) in [6.07, 6.45) is 5.47. The van der Waals surface area contributed by atoms with Gasteiger partial charge in [-0.1, -0.05) is 0 Å². The van der Waals surface area contributed by atoms with Gasteiger partial charge >= 0.3 is 5.97 Å². The molecule has 6 nitrogen and oxygen atoms in total. The minimum atomic E-state index is -1.08. The lowest BCUT2D eigenvalue weighted by Gasteiger charge is -2.17. The number of fused-ring (bicyclic) bond motifs is 1. The molecule has 1 aromatic heterocycles. The van der Waals surface area contributed by atoms with E-state index >= 15 is 0 Å². The van der Waals surface area contributed by atoms with Gasteiger partial charge in [-0.2, -0.15) is 0 Å². The monoisotopic (exact) mass is 237 g/mol. The van der Waals surface area contributed by atoms with Gasteiger partial charge in [0.15, 0.2) is 0 Å². The molecule has 1 unspecified atom stereocenters. The Balaban J connectivity index is 2.08. The Labute approximate surface area is 98.8 Å². The smallest absolute Gasteiger partial charge is 0.324 e. The molecule has 1 aromatic rings. The van der Waals surface area contributed by atoms with Gasteiger partial charge in [-0.3, -0.25) is 4.79 Å². The van der Waals surface area contributed by atoms with Crippen molar-refractivity contribution in [2.24, 2.45) is 5.73 Å². The third-order valence-electron chi connectivity index (χ3n) is 2.80. The van der Waals surface area contributed by atoms with Crippen LogP contribution in [-0.4, -0.2) is 33.7 Å². The number of nitrogens with zero attached hydrogens (tertiary/aromatic N) is 2. The van der Waals surface area contributed by atoms with Gasteiger partial charge in [-0.15, -0.1) is 0 Å². The molecule has 1 atom stereocenters. The van der Waals surface area contributed by atoms with Gasteiger partial charge in [0.2, 0.25) is 5.88 Å². The quantitative estimate of drug-likeness (QED) is 0.773. The molecule has 0 aliphatic heterocycles. The molecule has 0 bridgehead atoms. The average molecular weight is 237 g/mol. The molecule has 0 radical (unpaired) electrons. The molecule has 1 heterocycles. The van der Waals surface area contributed by atoms with Gasteiger partial charge in [-0.05, 0) is 25.7 Å². The maximum atomic E-state index is 10.6. The summed E-state index contributed by atoms with van der Waals surface area (Å²) >= 11 is 0. The molecule has 0 amide bonds. The van der Waals surface area contributed by atoms with Gasteiger partial charge in [0.1, 0.15) is 19.0 Å². The Morgan fingerprint density at radius 3 is 3.00 bits per heavy atom. The molecule has 0 fully saturated rings. The highest BCUT2D eigenvalue weighted by molar-refractivity contribution is 5.73. The zero-order chi connectivity index (χ0) is 12.3. The summed E-state index contributed by atoms with van der Waals surface area (Å²) in [6, 6.07) is -1.02. The SMILES string of the molecule is NC(COc1ncnc2c1CCCC2)C(=O)O. The summed E-state index contributed by atoms with van der Waals surface area (Å²) in [7, 11) is 0. The fourth-order valence-electron chi connectivity index (χ4n) is 1.86. The van der Waals surface area contributed by atoms with Crippen LogP contribution in [0, 0.1) is 0 Å². The molecule has 3 N–H and O–H groups in total. The number of nitrogens with two attached hydrogens (primary N) is 1. The summed E-state index contributed by atoms with van der Waals surface area (Å²) in [5.41, 5.74) is 7.37. The first-order chi connectivity index (χ1) is 8.18. The Bertz CT molecular complexity index is 422. The van der Waals surface area contributed by atoms with E-state index in [0.29, 0.717) is 5.88 Å². The maximum absolute atomic E-state index is 10.6. The van der Waals surface area contributed by atoms with Crippen LogP contribution in [-0.2, 0) is 17.6 Å². The lowest BCUT2D eigenvalue weighted by atomic mass is 9.97. The molecule has 0 aromatic carbocycles. The average Bonchev–Trinajstić information content (AvgIpc) is 2.35. The Hall–Kier alpha value is -1.69. The van der Waals surface area contributed by atoms with E-state index in [2.05, 4.69) is 9.97 Å². The number of hydrogen-bond donors (Lipinski definition) is 2. The lowest BCUT2D eigenvalue weighted by Crippen LogP contribution is -2.36. The highest BCUT2D eigenvalue weighted by atomic mass is 16.5. The van der Waals surface area contributed by atoms with Crippen molar-refractivity contribution in [3.05, 3.63) is 17.6 Å². The Kier molecular flexibility index (Phi) is 3.53. The van der Waals surface area contributed by atoms with Crippen molar-refractivity contribution in [1.29, 1.82) is 0 Å². The molecule has 0 saturated carbocycles. The molecule has 2 rings (SSSR count). The Morgan fingerprint density at radius 1 is 1.47 bits per heavy atom. The van der Waals surface area contributed by atoms with Crippen molar-refractivity contribution in [3.63, 3.8) is 0 Å². The van der Waals surface area contributed by atoms with Crippen LogP contribution in [0.2, 0.25) is 0 Å². The van der Waals surface area contributed by atoms with Crippen LogP contribution in [0.25, 0.3) is 0 Å². The summed E-state index contributed by atoms with van der Waals surface area (Å²) in [4.78, 5) is 18.8. The standard InChI is InChI=1S/C11H15N3O3/c12-8(11(15)16)5-17-10-7-3-1-2-4-9(7)13-6-14-10/h6,8H,1-5,12H2,(H,15,16). The molecule has 6 heteroatoms. The van der Waals surface area contributed by atoms with E-state index in [0.717, 1.165) is 36.9 Å². The highest BCUT2D eigenvalue weighted by Gasteiger charge is 2.18. The van der Waals surface area contributed by atoms with Gasteiger partial charge < -0.3 is 15.6 Å². The van der Waals surface area contributed by atoms with Crippen molar-refractivity contribution in [2.45, 2.75) is 31.7 Å². The van der Waals surface area contributed by atoms with Crippen LogP contribution in [0.3, 0.4) is 0 Å². The van der Waals surface area contributed by atoms with Gasteiger partial charge in [0.25, 0.3) is 0 Å². The number of aryl methyl sites for hydroxylation is 1. The van der Waals surface area contributed by atoms with Crippen molar-refractivity contribution < 1.29 is 14.6 Å². The van der Waals surface area contributed by atoms with E-state index in [-0.39, 0.29) is 6.61 Å². The van der Waals surface area contributed by atoms with Crippen molar-refractivity contribution in [2.75, 3.05) is 6.61 Å². The van der Waals surface area contributed by atoms with E-state index in [4.69, 9.17) is 15.6 Å². The normalized spacial score (nSPS) is 16.1. The van der Waals surface area contributed by atoms with Gasteiger partial charge in [0, 0.05) is 5.56 Å². The van der Waals surface area contributed by atoms with E-state index in [1.165, 1.54) is 6.33 Å². The van der Waals surface area contributed by atoms with E-state index in [1.54, 1.807) is 0 Å². The molecular weight excluding hydrogens is 222 g/mol. The second kappa shape index (κ2) is 5.09. The fraction of sp³-hybridized carbons (Fsp3) is 0.545. The lowest BCUT2D eigenvalue weighted by molar-refractivity contribution is -0.139. The van der Waals surface area contributed by atoms with Crippen LogP contribution in [0.4, 0.5) is 0 Å². The molecule has 92 valence electrons. The summed E-state index contributed by atoms with van der Waals surface area (Å²) < 4.78 is 5.37. The van der Waals surface area contributed by atoms with E-state index in [1.807, 2.05) is 0 Å². The zero-order valence-corrected chi connectivity index (χ0v) is 9.43. The fourth-order valence-corrected chi connectivity index (χ4v) is 1.86. The number of carboxylic acids is 1. The van der Waals surface area contributed by atoms with Crippen LogP contribution in [0.15, 0.2) is 6.33 Å². The van der Waals surface area contributed by atoms with Crippen LogP contribution in [0.5, 0.6) is 5.88 Å². The topological polar surface area (TPSA) is 98.3 Å². The molecule has 17 heavy (non-hydrogen) atoms. The van der Waals surface area contributed by atoms with Crippen molar-refractivity contribution in [1.82, 2.24) is 9.97 Å². The van der Waals surface area contributed by atoms with E-state index in [9.17, 15) is 4.79 Å². The first kappa shape index (κ1) is 11.8. The van der Waals surface area contributed by atoms with Crippen LogP contribution in [0.1, 0.15) is 24.1 Å². The number of ether oxygens (including phenoxy) is 1. The largest absolute Gasteiger partial charge is 0.480 e. The summed E-state index contributed by atoms with van der Waals surface area (Å²) in [5, 5.41) is 8.66. The first-order valence-corrected chi connectivity index (χ1v) is 5.62. The zero-order valence-electron chi connectivity index (χ0n) is 9.43. The minimum Gasteiger partial charge on any atom is -0.480 e. The predicted octanol–water partition coefficient (Wildman–Crippen LogP) is 0.146. The number of aliphatic carboxylic acids is 1. The van der Waals surface area contributed by atoms with Crippen molar-refractivity contribution >= 4 is 5.97 Å². The number of carbonyl (C=O) groups is 1. The van der Waals surface area contributed by atoms with E-state index < -0.39 is 12.0 Å². The molecule has 1 aliphatic rings. The number of carboxylic acid groups (broad SMARTS) is 1. The van der Waals surface area contributed by atoms with Crippen LogP contribution >= 0.6 is 0 Å². The van der Waals surface area contributed by atoms with Gasteiger partial charge in [0.05, 0.1) is 5.69 Å². The summed E-state index contributed by atoms with van der Waals surface area (Å²) in [5.74, 6) is -0.598. The third-order valence-corrected chi connectivity index (χ3v) is 2.80. The number of aromatic nitrogens is 2. The molecular formula is C11H15N3O3. The molecule has 1 aliphatic carbocycles. The number of hydrogen-bond acceptors (Lipinski definition) is 5. The molecule has 0 saturated heterocycles. The van der Waals surface area contributed by atoms with Gasteiger partial charge in [-0.25, -0.2) is 9.97 Å². The van der Waals surface area contributed by atoms with Crippen LogP contribution < -0.4 is 10.5 Å². The first-order valence-electron chi connectivity index (χ1n) is 5.62. The second-order valence-corrected chi connectivity index (χ2v) is 4.07. The highest BCUT2D eigenvalue weighted by Crippen LogP contribution is 2.25. The minimum absolute atomic E-state index is 0.0706. The third kappa shape index (κ3) is 2.71. The number of rotatable bonds is 4. The molecule has 0 spiro atoms. The van der Waals surface area contributed by atoms with Crippen molar-refractivity contribution in [3.8, 4) is 5.88 Å².